The van der Waals surface area contributed by atoms with Crippen molar-refractivity contribution in [3.05, 3.63) is 83.8 Å². The molecule has 182 valence electrons. The van der Waals surface area contributed by atoms with Crippen molar-refractivity contribution in [1.82, 2.24) is 4.90 Å². The Morgan fingerprint density at radius 2 is 1.65 bits per heavy atom. The number of furan rings is 1. The molecular weight excluding hydrogens is 426 g/mol. The number of benzene rings is 2. The molecule has 0 fully saturated rings. The van der Waals surface area contributed by atoms with Gasteiger partial charge in [0.25, 0.3) is 0 Å². The minimum Gasteiger partial charge on any atom is -0.493 e. The summed E-state index contributed by atoms with van der Waals surface area (Å²) in [6, 6.07) is 19.7. The number of ether oxygens (including phenoxy) is 2. The summed E-state index contributed by atoms with van der Waals surface area (Å²) in [7, 11) is 1.64. The van der Waals surface area contributed by atoms with Crippen molar-refractivity contribution in [3.63, 3.8) is 0 Å². The monoisotopic (exact) mass is 463 g/mol. The molecule has 0 aliphatic heterocycles. The summed E-state index contributed by atoms with van der Waals surface area (Å²) in [5.41, 5.74) is 2.09. The molecule has 0 saturated heterocycles. The van der Waals surface area contributed by atoms with Gasteiger partial charge in [-0.1, -0.05) is 75.4 Å². The lowest BCUT2D eigenvalue weighted by molar-refractivity contribution is -0.132. The number of nitrogens with zero attached hydrogens (tertiary/aromatic N) is 1. The van der Waals surface area contributed by atoms with Gasteiger partial charge in [0.15, 0.2) is 11.5 Å². The molecule has 1 heterocycles. The Morgan fingerprint density at radius 1 is 0.853 bits per heavy atom. The van der Waals surface area contributed by atoms with Gasteiger partial charge < -0.3 is 18.8 Å². The number of carbonyl (C=O) groups is 1. The first kappa shape index (κ1) is 25.4. The zero-order chi connectivity index (χ0) is 24.0. The Kier molecular flexibility index (Phi) is 10.6. The lowest BCUT2D eigenvalue weighted by Gasteiger charge is -2.23. The number of carbonyl (C=O) groups excluding carboxylic acids is 1. The van der Waals surface area contributed by atoms with Crippen LogP contribution in [0.4, 0.5) is 0 Å². The van der Waals surface area contributed by atoms with Gasteiger partial charge in [-0.05, 0) is 41.8 Å². The van der Waals surface area contributed by atoms with Crippen LogP contribution in [0.3, 0.4) is 0 Å². The molecular formula is C29H37NO4. The van der Waals surface area contributed by atoms with Crippen molar-refractivity contribution >= 4 is 5.91 Å². The van der Waals surface area contributed by atoms with E-state index in [1.165, 1.54) is 25.7 Å². The van der Waals surface area contributed by atoms with Crippen LogP contribution in [0.15, 0.2) is 71.3 Å². The third-order valence-corrected chi connectivity index (χ3v) is 5.86. The van der Waals surface area contributed by atoms with E-state index < -0.39 is 0 Å². The Balaban J connectivity index is 1.62. The number of unbranched alkanes of at least 4 members (excludes halogenated alkanes) is 5. The Bertz CT molecular complexity index is 969. The molecule has 0 atom stereocenters. The molecule has 0 radical (unpaired) electrons. The highest BCUT2D eigenvalue weighted by molar-refractivity contribution is 5.76. The summed E-state index contributed by atoms with van der Waals surface area (Å²) in [5.74, 6) is 2.28. The van der Waals surface area contributed by atoms with E-state index in [2.05, 4.69) is 6.92 Å². The van der Waals surface area contributed by atoms with E-state index in [1.54, 1.807) is 13.4 Å². The molecule has 1 aromatic heterocycles. The molecule has 34 heavy (non-hydrogen) atoms. The zero-order valence-corrected chi connectivity index (χ0v) is 20.5. The highest BCUT2D eigenvalue weighted by Gasteiger charge is 2.17. The molecule has 5 heteroatoms. The maximum absolute atomic E-state index is 13.1. The summed E-state index contributed by atoms with van der Waals surface area (Å²) in [6.07, 6.45) is 9.17. The average molecular weight is 464 g/mol. The smallest absolute Gasteiger partial charge is 0.223 e. The van der Waals surface area contributed by atoms with E-state index in [4.69, 9.17) is 13.9 Å². The fourth-order valence-electron chi connectivity index (χ4n) is 3.92. The topological polar surface area (TPSA) is 51.9 Å². The van der Waals surface area contributed by atoms with E-state index in [0.717, 1.165) is 29.7 Å². The van der Waals surface area contributed by atoms with Gasteiger partial charge in [-0.3, -0.25) is 4.79 Å². The van der Waals surface area contributed by atoms with Crippen LogP contribution in [0.5, 0.6) is 11.5 Å². The first-order valence-corrected chi connectivity index (χ1v) is 12.3. The van der Waals surface area contributed by atoms with Crippen molar-refractivity contribution in [1.29, 1.82) is 0 Å². The summed E-state index contributed by atoms with van der Waals surface area (Å²) < 4.78 is 17.1. The van der Waals surface area contributed by atoms with E-state index in [-0.39, 0.29) is 5.91 Å². The lowest BCUT2D eigenvalue weighted by atomic mass is 10.1. The molecule has 0 aliphatic carbocycles. The van der Waals surface area contributed by atoms with Crippen molar-refractivity contribution in [3.8, 4) is 11.5 Å². The molecule has 0 spiro atoms. The van der Waals surface area contributed by atoms with Gasteiger partial charge in [-0.2, -0.15) is 0 Å². The molecule has 0 saturated carbocycles. The van der Waals surface area contributed by atoms with E-state index in [9.17, 15) is 4.79 Å². The van der Waals surface area contributed by atoms with Gasteiger partial charge in [0.1, 0.15) is 12.4 Å². The highest BCUT2D eigenvalue weighted by atomic mass is 16.5. The van der Waals surface area contributed by atoms with Gasteiger partial charge >= 0.3 is 0 Å². The molecule has 0 bridgehead atoms. The number of methoxy groups -OCH3 is 1. The highest BCUT2D eigenvalue weighted by Crippen LogP contribution is 2.30. The Hall–Kier alpha value is -3.21. The maximum Gasteiger partial charge on any atom is 0.223 e. The third kappa shape index (κ3) is 8.29. The largest absolute Gasteiger partial charge is 0.493 e. The summed E-state index contributed by atoms with van der Waals surface area (Å²) >= 11 is 0. The van der Waals surface area contributed by atoms with Gasteiger partial charge in [0.2, 0.25) is 5.91 Å². The van der Waals surface area contributed by atoms with Crippen LogP contribution >= 0.6 is 0 Å². The second kappa shape index (κ2) is 14.1. The second-order valence-electron chi connectivity index (χ2n) is 8.61. The normalized spacial score (nSPS) is 10.8. The van der Waals surface area contributed by atoms with Gasteiger partial charge in [0.05, 0.1) is 19.9 Å². The molecule has 2 aromatic carbocycles. The predicted octanol–water partition coefficient (Wildman–Crippen LogP) is 7.15. The van der Waals surface area contributed by atoms with Gasteiger partial charge in [-0.25, -0.2) is 0 Å². The molecule has 3 aromatic rings. The average Bonchev–Trinajstić information content (AvgIpc) is 3.38. The standard InChI is InChI=1S/C29H37NO4/c1-3-4-5-6-7-11-16-29(31)30(22-26-15-12-19-33-26)21-25-17-18-27(28(20-25)32-2)34-23-24-13-9-8-10-14-24/h8-10,12-15,17-20H,3-7,11,16,21-23H2,1-2H3. The van der Waals surface area contributed by atoms with Crippen molar-refractivity contribution in [2.45, 2.75) is 71.6 Å². The van der Waals surface area contributed by atoms with Gasteiger partial charge in [0, 0.05) is 13.0 Å². The van der Waals surface area contributed by atoms with E-state index >= 15 is 0 Å². The van der Waals surface area contributed by atoms with Crippen LogP contribution in [-0.2, 0) is 24.5 Å². The van der Waals surface area contributed by atoms with Gasteiger partial charge in [-0.15, -0.1) is 0 Å². The third-order valence-electron chi connectivity index (χ3n) is 5.86. The van der Waals surface area contributed by atoms with Crippen LogP contribution in [0, 0.1) is 0 Å². The van der Waals surface area contributed by atoms with E-state index in [1.807, 2.05) is 65.6 Å². The lowest BCUT2D eigenvalue weighted by Crippen LogP contribution is -2.29. The van der Waals surface area contributed by atoms with Crippen molar-refractivity contribution < 1.29 is 18.7 Å². The SMILES string of the molecule is CCCCCCCCC(=O)N(Cc1ccc(OCc2ccccc2)c(OC)c1)Cc1ccco1. The van der Waals surface area contributed by atoms with Crippen LogP contribution in [0.25, 0.3) is 0 Å². The number of rotatable bonds is 15. The maximum atomic E-state index is 13.1. The van der Waals surface area contributed by atoms with Crippen LogP contribution in [0.2, 0.25) is 0 Å². The molecule has 3 rings (SSSR count). The van der Waals surface area contributed by atoms with Crippen molar-refractivity contribution in [2.24, 2.45) is 0 Å². The summed E-state index contributed by atoms with van der Waals surface area (Å²) in [6.45, 7) is 3.63. The van der Waals surface area contributed by atoms with Crippen LogP contribution < -0.4 is 9.47 Å². The number of hydrogen-bond acceptors (Lipinski definition) is 4. The van der Waals surface area contributed by atoms with Crippen LogP contribution in [-0.4, -0.2) is 17.9 Å². The fraction of sp³-hybridized carbons (Fsp3) is 0.414. The predicted molar refractivity (Wildman–Crippen MR) is 135 cm³/mol. The first-order chi connectivity index (χ1) is 16.7. The molecule has 0 unspecified atom stereocenters. The quantitative estimate of drug-likeness (QED) is 0.225. The minimum absolute atomic E-state index is 0.148. The fourth-order valence-corrected chi connectivity index (χ4v) is 3.92. The molecule has 1 amide bonds. The molecule has 0 N–H and O–H groups in total. The minimum atomic E-state index is 0.148. The summed E-state index contributed by atoms with van der Waals surface area (Å²) in [5, 5.41) is 0. The molecule has 0 aliphatic rings. The number of hydrogen-bond donors (Lipinski definition) is 0. The van der Waals surface area contributed by atoms with E-state index in [0.29, 0.717) is 37.6 Å². The first-order valence-electron chi connectivity index (χ1n) is 12.3. The Labute approximate surface area is 203 Å². The zero-order valence-electron chi connectivity index (χ0n) is 20.5. The molecule has 5 nitrogen and oxygen atoms in total. The Morgan fingerprint density at radius 3 is 2.38 bits per heavy atom. The second-order valence-corrected chi connectivity index (χ2v) is 8.61. The number of amides is 1. The summed E-state index contributed by atoms with van der Waals surface area (Å²) in [4.78, 5) is 14.9. The van der Waals surface area contributed by atoms with Crippen molar-refractivity contribution in [2.75, 3.05) is 7.11 Å². The van der Waals surface area contributed by atoms with Crippen LogP contribution in [0.1, 0.15) is 68.8 Å².